The summed E-state index contributed by atoms with van der Waals surface area (Å²) in [6.45, 7) is 0. The normalized spacial score (nSPS) is 16.6. The number of aliphatic hydroxyl groups excluding tert-OH is 1. The van der Waals surface area contributed by atoms with Crippen molar-refractivity contribution in [2.45, 2.75) is 25.0 Å². The third-order valence-corrected chi connectivity index (χ3v) is 3.10. The van der Waals surface area contributed by atoms with Crippen molar-refractivity contribution in [2.75, 3.05) is 0 Å². The molecule has 0 bridgehead atoms. The maximum atomic E-state index is 10.3. The standard InChI is InChI=1S/C14H16N2O2/c1-16-8-7-15-14(16)13(17)10-3-2-4-12(9-10)18-11-5-6-11/h2-4,7-9,11,13,17H,5-6H2,1H3. The van der Waals surface area contributed by atoms with Crippen LogP contribution in [-0.2, 0) is 7.05 Å². The first-order valence-corrected chi connectivity index (χ1v) is 6.16. The van der Waals surface area contributed by atoms with E-state index in [2.05, 4.69) is 4.98 Å². The molecule has 1 aliphatic rings. The van der Waals surface area contributed by atoms with Crippen LogP contribution in [0, 0.1) is 0 Å². The second kappa shape index (κ2) is 4.46. The number of nitrogens with zero attached hydrogens (tertiary/aromatic N) is 2. The van der Waals surface area contributed by atoms with Gasteiger partial charge in [-0.15, -0.1) is 0 Å². The molecule has 18 heavy (non-hydrogen) atoms. The van der Waals surface area contributed by atoms with E-state index >= 15 is 0 Å². The first-order chi connectivity index (χ1) is 8.74. The van der Waals surface area contributed by atoms with Crippen LogP contribution in [0.1, 0.15) is 30.3 Å². The van der Waals surface area contributed by atoms with E-state index in [1.165, 1.54) is 0 Å². The highest BCUT2D eigenvalue weighted by Gasteiger charge is 2.24. The second-order valence-corrected chi connectivity index (χ2v) is 4.69. The molecule has 0 radical (unpaired) electrons. The van der Waals surface area contributed by atoms with Crippen LogP contribution >= 0.6 is 0 Å². The molecule has 1 aromatic heterocycles. The molecule has 2 aromatic rings. The Hall–Kier alpha value is -1.81. The number of ether oxygens (including phenoxy) is 1. The van der Waals surface area contributed by atoms with E-state index in [4.69, 9.17) is 4.74 Å². The van der Waals surface area contributed by atoms with E-state index in [9.17, 15) is 5.11 Å². The summed E-state index contributed by atoms with van der Waals surface area (Å²) in [4.78, 5) is 4.17. The number of imidazole rings is 1. The minimum absolute atomic E-state index is 0.366. The largest absolute Gasteiger partial charge is 0.490 e. The summed E-state index contributed by atoms with van der Waals surface area (Å²) in [7, 11) is 1.87. The fourth-order valence-electron chi connectivity index (χ4n) is 1.93. The Kier molecular flexibility index (Phi) is 2.80. The average molecular weight is 244 g/mol. The average Bonchev–Trinajstić information content (AvgIpc) is 3.08. The van der Waals surface area contributed by atoms with Gasteiger partial charge >= 0.3 is 0 Å². The van der Waals surface area contributed by atoms with Crippen LogP contribution in [0.15, 0.2) is 36.7 Å². The van der Waals surface area contributed by atoms with Crippen molar-refractivity contribution < 1.29 is 9.84 Å². The number of aliphatic hydroxyl groups is 1. The van der Waals surface area contributed by atoms with Gasteiger partial charge in [-0.3, -0.25) is 0 Å². The van der Waals surface area contributed by atoms with Gasteiger partial charge in [0.2, 0.25) is 0 Å². The zero-order chi connectivity index (χ0) is 12.5. The molecule has 1 fully saturated rings. The van der Waals surface area contributed by atoms with Gasteiger partial charge in [0, 0.05) is 19.4 Å². The van der Waals surface area contributed by atoms with Gasteiger partial charge in [0.25, 0.3) is 0 Å². The van der Waals surface area contributed by atoms with Crippen LogP contribution < -0.4 is 4.74 Å². The van der Waals surface area contributed by atoms with Gasteiger partial charge in [0.05, 0.1) is 6.10 Å². The molecule has 1 saturated carbocycles. The molecule has 1 heterocycles. The van der Waals surface area contributed by atoms with Crippen LogP contribution in [0.5, 0.6) is 5.75 Å². The second-order valence-electron chi connectivity index (χ2n) is 4.69. The van der Waals surface area contributed by atoms with Gasteiger partial charge in [-0.2, -0.15) is 0 Å². The summed E-state index contributed by atoms with van der Waals surface area (Å²) in [6, 6.07) is 7.60. The molecule has 0 aliphatic heterocycles. The molecular formula is C14H16N2O2. The molecule has 4 nitrogen and oxygen atoms in total. The van der Waals surface area contributed by atoms with Crippen LogP contribution in [-0.4, -0.2) is 20.8 Å². The van der Waals surface area contributed by atoms with E-state index in [0.717, 1.165) is 24.2 Å². The van der Waals surface area contributed by atoms with Gasteiger partial charge in [0.1, 0.15) is 17.7 Å². The van der Waals surface area contributed by atoms with Crippen molar-refractivity contribution in [1.82, 2.24) is 9.55 Å². The van der Waals surface area contributed by atoms with E-state index in [-0.39, 0.29) is 0 Å². The fourth-order valence-corrected chi connectivity index (χ4v) is 1.93. The number of aromatic nitrogens is 2. The molecule has 3 rings (SSSR count). The molecule has 0 spiro atoms. The quantitative estimate of drug-likeness (QED) is 0.895. The summed E-state index contributed by atoms with van der Waals surface area (Å²) in [5.41, 5.74) is 0.808. The molecule has 1 unspecified atom stereocenters. The monoisotopic (exact) mass is 244 g/mol. The lowest BCUT2D eigenvalue weighted by molar-refractivity contribution is 0.205. The Morgan fingerprint density at radius 1 is 1.44 bits per heavy atom. The highest BCUT2D eigenvalue weighted by molar-refractivity contribution is 5.32. The molecular weight excluding hydrogens is 228 g/mol. The van der Waals surface area contributed by atoms with Crippen LogP contribution in [0.3, 0.4) is 0 Å². The molecule has 1 atom stereocenters. The maximum absolute atomic E-state index is 10.3. The van der Waals surface area contributed by atoms with Crippen molar-refractivity contribution in [3.05, 3.63) is 48.0 Å². The van der Waals surface area contributed by atoms with Crippen LogP contribution in [0.2, 0.25) is 0 Å². The van der Waals surface area contributed by atoms with Crippen molar-refractivity contribution in [3.63, 3.8) is 0 Å². The Bertz CT molecular complexity index is 546. The first-order valence-electron chi connectivity index (χ1n) is 6.16. The van der Waals surface area contributed by atoms with E-state index in [1.54, 1.807) is 6.20 Å². The predicted octanol–water partition coefficient (Wildman–Crippen LogP) is 2.04. The van der Waals surface area contributed by atoms with Crippen molar-refractivity contribution in [1.29, 1.82) is 0 Å². The Balaban J connectivity index is 1.84. The highest BCUT2D eigenvalue weighted by Crippen LogP contribution is 2.29. The van der Waals surface area contributed by atoms with Gasteiger partial charge in [-0.05, 0) is 30.5 Å². The lowest BCUT2D eigenvalue weighted by Crippen LogP contribution is -2.07. The van der Waals surface area contributed by atoms with Gasteiger partial charge in [0.15, 0.2) is 0 Å². The fraction of sp³-hybridized carbons (Fsp3) is 0.357. The van der Waals surface area contributed by atoms with E-state index in [0.29, 0.717) is 11.9 Å². The molecule has 1 aliphatic carbocycles. The number of aryl methyl sites for hydroxylation is 1. The van der Waals surface area contributed by atoms with Crippen LogP contribution in [0.25, 0.3) is 0 Å². The Morgan fingerprint density at radius 2 is 2.28 bits per heavy atom. The van der Waals surface area contributed by atoms with E-state index in [1.807, 2.05) is 42.1 Å². The SMILES string of the molecule is Cn1ccnc1C(O)c1cccc(OC2CC2)c1. The maximum Gasteiger partial charge on any atom is 0.142 e. The molecule has 94 valence electrons. The third-order valence-electron chi connectivity index (χ3n) is 3.10. The van der Waals surface area contributed by atoms with Crippen molar-refractivity contribution >= 4 is 0 Å². The number of benzene rings is 1. The first kappa shape index (κ1) is 11.3. The number of rotatable bonds is 4. The Morgan fingerprint density at radius 3 is 2.94 bits per heavy atom. The smallest absolute Gasteiger partial charge is 0.142 e. The number of hydrogen-bond donors (Lipinski definition) is 1. The summed E-state index contributed by atoms with van der Waals surface area (Å²) >= 11 is 0. The minimum atomic E-state index is -0.715. The van der Waals surface area contributed by atoms with Gasteiger partial charge in [-0.1, -0.05) is 12.1 Å². The van der Waals surface area contributed by atoms with Crippen LogP contribution in [0.4, 0.5) is 0 Å². The zero-order valence-corrected chi connectivity index (χ0v) is 10.3. The summed E-state index contributed by atoms with van der Waals surface area (Å²) in [6.07, 6.45) is 5.42. The zero-order valence-electron chi connectivity index (χ0n) is 10.3. The van der Waals surface area contributed by atoms with Crippen molar-refractivity contribution in [3.8, 4) is 5.75 Å². The molecule has 1 aromatic carbocycles. The summed E-state index contributed by atoms with van der Waals surface area (Å²) < 4.78 is 7.54. The molecule has 4 heteroatoms. The minimum Gasteiger partial charge on any atom is -0.490 e. The highest BCUT2D eigenvalue weighted by atomic mass is 16.5. The van der Waals surface area contributed by atoms with Gasteiger partial charge < -0.3 is 14.4 Å². The molecule has 0 saturated heterocycles. The third kappa shape index (κ3) is 2.24. The Labute approximate surface area is 106 Å². The van der Waals surface area contributed by atoms with Crippen molar-refractivity contribution in [2.24, 2.45) is 7.05 Å². The molecule has 1 N–H and O–H groups in total. The summed E-state index contributed by atoms with van der Waals surface area (Å²) in [5, 5.41) is 10.3. The lowest BCUT2D eigenvalue weighted by atomic mass is 10.1. The predicted molar refractivity (Wildman–Crippen MR) is 67.4 cm³/mol. The molecule has 0 amide bonds. The topological polar surface area (TPSA) is 47.3 Å². The van der Waals surface area contributed by atoms with E-state index < -0.39 is 6.10 Å². The van der Waals surface area contributed by atoms with Gasteiger partial charge in [-0.25, -0.2) is 4.98 Å². The lowest BCUT2D eigenvalue weighted by Gasteiger charge is -2.12. The summed E-state index contributed by atoms with van der Waals surface area (Å²) in [5.74, 6) is 1.46. The number of hydrogen-bond acceptors (Lipinski definition) is 3.